The van der Waals surface area contributed by atoms with Crippen LogP contribution < -0.4 is 5.69 Å². The Morgan fingerprint density at radius 2 is 2.15 bits per heavy atom. The minimum Gasteiger partial charge on any atom is -0.506 e. The fourth-order valence-electron chi connectivity index (χ4n) is 1.71. The van der Waals surface area contributed by atoms with E-state index in [0.717, 1.165) is 12.4 Å². The van der Waals surface area contributed by atoms with E-state index in [1.165, 1.54) is 23.5 Å². The minimum absolute atomic E-state index is 0.0599. The zero-order valence-electron chi connectivity index (χ0n) is 9.80. The number of phenolic OH excluding ortho intramolecular Hbond substituents is 1. The first-order valence-corrected chi connectivity index (χ1v) is 7.76. The third kappa shape index (κ3) is 2.48. The van der Waals surface area contributed by atoms with E-state index in [4.69, 9.17) is 11.6 Å². The molecule has 0 spiro atoms. The third-order valence-corrected chi connectivity index (χ3v) is 4.73. The molecule has 0 aliphatic heterocycles. The van der Waals surface area contributed by atoms with Crippen molar-refractivity contribution in [2.45, 2.75) is 0 Å². The fraction of sp³-hybridized carbons (Fsp3) is 0. The number of thiophene rings is 1. The van der Waals surface area contributed by atoms with Gasteiger partial charge in [0.15, 0.2) is 5.82 Å². The predicted octanol–water partition coefficient (Wildman–Crippen LogP) is 3.25. The number of phenols is 1. The van der Waals surface area contributed by atoms with E-state index < -0.39 is 5.69 Å². The Morgan fingerprint density at radius 3 is 2.85 bits per heavy atom. The molecule has 102 valence electrons. The lowest BCUT2D eigenvalue weighted by Gasteiger charge is -2.02. The Balaban J connectivity index is 2.14. The van der Waals surface area contributed by atoms with Gasteiger partial charge in [-0.3, -0.25) is 4.98 Å². The van der Waals surface area contributed by atoms with Crippen LogP contribution in [0.4, 0.5) is 0 Å². The molecule has 0 fully saturated rings. The van der Waals surface area contributed by atoms with Crippen LogP contribution in [0, 0.1) is 2.88 Å². The number of aromatic nitrogens is 3. The molecule has 8 heteroatoms. The van der Waals surface area contributed by atoms with E-state index in [2.05, 4.69) is 32.7 Å². The summed E-state index contributed by atoms with van der Waals surface area (Å²) < 4.78 is 2.20. The molecule has 0 radical (unpaired) electrons. The molecule has 1 aromatic carbocycles. The highest BCUT2D eigenvalue weighted by atomic mass is 127. The lowest BCUT2D eigenvalue weighted by atomic mass is 10.3. The first-order chi connectivity index (χ1) is 9.54. The highest BCUT2D eigenvalue weighted by Gasteiger charge is 2.13. The van der Waals surface area contributed by atoms with E-state index in [-0.39, 0.29) is 11.4 Å². The summed E-state index contributed by atoms with van der Waals surface area (Å²) in [6, 6.07) is 8.27. The van der Waals surface area contributed by atoms with Crippen LogP contribution in [0.3, 0.4) is 0 Å². The van der Waals surface area contributed by atoms with Crippen LogP contribution in [0.25, 0.3) is 16.4 Å². The van der Waals surface area contributed by atoms with Crippen molar-refractivity contribution in [3.8, 4) is 22.1 Å². The van der Waals surface area contributed by atoms with Crippen molar-refractivity contribution in [3.63, 3.8) is 0 Å². The van der Waals surface area contributed by atoms with Crippen LogP contribution in [0.5, 0.6) is 5.75 Å². The van der Waals surface area contributed by atoms with E-state index in [0.29, 0.717) is 10.8 Å². The summed E-state index contributed by atoms with van der Waals surface area (Å²) in [7, 11) is 0. The maximum atomic E-state index is 12.0. The van der Waals surface area contributed by atoms with Crippen LogP contribution in [-0.4, -0.2) is 19.9 Å². The number of aromatic amines is 1. The quantitative estimate of drug-likeness (QED) is 0.627. The molecule has 0 aliphatic carbocycles. The molecule has 2 aromatic heterocycles. The van der Waals surface area contributed by atoms with Gasteiger partial charge in [0.1, 0.15) is 11.4 Å². The number of nitrogens with zero attached hydrogens (tertiary/aromatic N) is 2. The van der Waals surface area contributed by atoms with Gasteiger partial charge in [0, 0.05) is 5.02 Å². The normalized spacial score (nSPS) is 10.9. The zero-order chi connectivity index (χ0) is 14.3. The molecule has 2 heterocycles. The van der Waals surface area contributed by atoms with Gasteiger partial charge in [-0.25, -0.2) is 4.79 Å². The van der Waals surface area contributed by atoms with Gasteiger partial charge in [0.05, 0.1) is 7.76 Å². The molecule has 0 bridgehead atoms. The Bertz CT molecular complexity index is 839. The second kappa shape index (κ2) is 5.23. The van der Waals surface area contributed by atoms with Crippen LogP contribution in [0.1, 0.15) is 0 Å². The number of aromatic hydroxyl groups is 1. The van der Waals surface area contributed by atoms with Crippen molar-refractivity contribution >= 4 is 45.5 Å². The van der Waals surface area contributed by atoms with Gasteiger partial charge >= 0.3 is 5.69 Å². The number of halogens is 2. The van der Waals surface area contributed by atoms with E-state index in [9.17, 15) is 9.90 Å². The Hall–Kier alpha value is -1.32. The van der Waals surface area contributed by atoms with Crippen molar-refractivity contribution in [1.29, 1.82) is 0 Å². The molecule has 0 atom stereocenters. The highest BCUT2D eigenvalue weighted by Crippen LogP contribution is 2.27. The highest BCUT2D eigenvalue weighted by molar-refractivity contribution is 14.1. The van der Waals surface area contributed by atoms with Crippen LogP contribution in [-0.2, 0) is 0 Å². The first-order valence-electron chi connectivity index (χ1n) is 5.48. The van der Waals surface area contributed by atoms with Crippen molar-refractivity contribution in [1.82, 2.24) is 14.8 Å². The number of H-pyrrole nitrogens is 1. The molecule has 2 N–H and O–H groups in total. The topological polar surface area (TPSA) is 70.9 Å². The van der Waals surface area contributed by atoms with E-state index >= 15 is 0 Å². The van der Waals surface area contributed by atoms with Gasteiger partial charge in [-0.1, -0.05) is 11.6 Å². The molecule has 20 heavy (non-hydrogen) atoms. The van der Waals surface area contributed by atoms with E-state index in [1.807, 2.05) is 12.1 Å². The summed E-state index contributed by atoms with van der Waals surface area (Å²) >= 11 is 9.60. The molecule has 3 aromatic rings. The van der Waals surface area contributed by atoms with Crippen LogP contribution in [0.2, 0.25) is 5.02 Å². The SMILES string of the molecule is O=c1[nH]c(-c2ccc(I)s2)nn1-c1cc(Cl)ccc1O. The molecule has 0 amide bonds. The first kappa shape index (κ1) is 13.7. The number of hydrogen-bond acceptors (Lipinski definition) is 4. The standard InChI is InChI=1S/C12H7ClIN3O2S/c13-6-1-2-8(18)7(5-6)17-12(19)15-11(16-17)9-3-4-10(14)20-9/h1-5,18H,(H,15,16,19). The maximum Gasteiger partial charge on any atom is 0.348 e. The Morgan fingerprint density at radius 1 is 1.35 bits per heavy atom. The van der Waals surface area contributed by atoms with Gasteiger partial charge in [0.25, 0.3) is 0 Å². The van der Waals surface area contributed by atoms with Gasteiger partial charge in [-0.2, -0.15) is 4.68 Å². The number of benzene rings is 1. The average Bonchev–Trinajstić information content (AvgIpc) is 2.99. The Labute approximate surface area is 136 Å². The van der Waals surface area contributed by atoms with Gasteiger partial charge in [-0.15, -0.1) is 16.4 Å². The number of rotatable bonds is 2. The predicted molar refractivity (Wildman–Crippen MR) is 86.9 cm³/mol. The summed E-state index contributed by atoms with van der Waals surface area (Å²) in [4.78, 5) is 15.5. The molecule has 0 aliphatic rings. The largest absolute Gasteiger partial charge is 0.506 e. The van der Waals surface area contributed by atoms with Crippen molar-refractivity contribution < 1.29 is 5.11 Å². The number of hydrogen-bond donors (Lipinski definition) is 2. The smallest absolute Gasteiger partial charge is 0.348 e. The molecule has 0 saturated carbocycles. The summed E-state index contributed by atoms with van der Waals surface area (Å²) in [5.41, 5.74) is -0.183. The van der Waals surface area contributed by atoms with Crippen molar-refractivity contribution in [2.24, 2.45) is 0 Å². The van der Waals surface area contributed by atoms with Crippen molar-refractivity contribution in [2.75, 3.05) is 0 Å². The number of nitrogens with one attached hydrogen (secondary N) is 1. The zero-order valence-corrected chi connectivity index (χ0v) is 13.5. The second-order valence-electron chi connectivity index (χ2n) is 3.93. The summed E-state index contributed by atoms with van der Waals surface area (Å²) in [5.74, 6) is 0.401. The lowest BCUT2D eigenvalue weighted by Crippen LogP contribution is -2.16. The van der Waals surface area contributed by atoms with Gasteiger partial charge < -0.3 is 5.11 Å². The van der Waals surface area contributed by atoms with Crippen LogP contribution >= 0.6 is 45.5 Å². The van der Waals surface area contributed by atoms with Crippen LogP contribution in [0.15, 0.2) is 35.1 Å². The Kier molecular flexibility index (Phi) is 3.57. The molecule has 5 nitrogen and oxygen atoms in total. The maximum absolute atomic E-state index is 12.0. The minimum atomic E-state index is -0.430. The summed E-state index contributed by atoms with van der Waals surface area (Å²) in [5, 5.41) is 14.4. The average molecular weight is 420 g/mol. The van der Waals surface area contributed by atoms with Gasteiger partial charge in [-0.05, 0) is 52.9 Å². The summed E-state index contributed by atoms with van der Waals surface area (Å²) in [6.07, 6.45) is 0. The second-order valence-corrected chi connectivity index (χ2v) is 7.34. The molecule has 0 unspecified atom stereocenters. The fourth-order valence-corrected chi connectivity index (χ4v) is 3.44. The van der Waals surface area contributed by atoms with E-state index in [1.54, 1.807) is 6.07 Å². The monoisotopic (exact) mass is 419 g/mol. The molecule has 3 rings (SSSR count). The molecular weight excluding hydrogens is 413 g/mol. The third-order valence-electron chi connectivity index (χ3n) is 2.59. The molecular formula is C12H7ClIN3O2S. The summed E-state index contributed by atoms with van der Waals surface area (Å²) in [6.45, 7) is 0. The van der Waals surface area contributed by atoms with Crippen molar-refractivity contribution in [3.05, 3.63) is 48.7 Å². The molecule has 0 saturated heterocycles. The van der Waals surface area contributed by atoms with Gasteiger partial charge in [0.2, 0.25) is 0 Å². The lowest BCUT2D eigenvalue weighted by molar-refractivity contribution is 0.470.